The SMILES string of the molecule is Brc1ccc(-c2ccc(N(c3ccccc3)c3cccc4ccccc34)cc2)cc1.CC(C)(C)[O-].Clc1ccc(-c2ccc(Br)cc2)cc1.[Na+].c1ccc(Nc2cccc3ccccc23)cc1. The summed E-state index contributed by atoms with van der Waals surface area (Å²) in [4.78, 5) is 2.33. The monoisotopic (exact) mass is 1030 g/mol. The van der Waals surface area contributed by atoms with Crippen LogP contribution in [0.25, 0.3) is 43.8 Å². The first-order valence-electron chi connectivity index (χ1n) is 21.7. The zero-order valence-corrected chi connectivity index (χ0v) is 44.0. The summed E-state index contributed by atoms with van der Waals surface area (Å²) in [6.07, 6.45) is 0. The fourth-order valence-electron chi connectivity index (χ4n) is 7.15. The van der Waals surface area contributed by atoms with Gasteiger partial charge < -0.3 is 15.3 Å². The van der Waals surface area contributed by atoms with Crippen LogP contribution in [0.3, 0.4) is 0 Å². The van der Waals surface area contributed by atoms with Gasteiger partial charge in [-0.1, -0.05) is 222 Å². The molecule has 0 radical (unpaired) electrons. The molecule has 1 N–H and O–H groups in total. The van der Waals surface area contributed by atoms with Gasteiger partial charge in [0, 0.05) is 47.5 Å². The van der Waals surface area contributed by atoms with Crippen molar-refractivity contribution in [2.45, 2.75) is 26.4 Å². The molecule has 0 aliphatic carbocycles. The molecule has 10 aromatic carbocycles. The molecule has 10 aromatic rings. The zero-order chi connectivity index (χ0) is 46.3. The van der Waals surface area contributed by atoms with E-state index in [2.05, 4.69) is 230 Å². The molecule has 0 fully saturated rings. The average molecular weight is 1030 g/mol. The van der Waals surface area contributed by atoms with Crippen molar-refractivity contribution in [1.29, 1.82) is 0 Å². The van der Waals surface area contributed by atoms with Gasteiger partial charge in [0.25, 0.3) is 0 Å². The van der Waals surface area contributed by atoms with Crippen LogP contribution < -0.4 is 44.9 Å². The molecule has 0 saturated heterocycles. The van der Waals surface area contributed by atoms with E-state index in [1.54, 1.807) is 20.8 Å². The predicted molar refractivity (Wildman–Crippen MR) is 290 cm³/mol. The Kier molecular flexibility index (Phi) is 19.0. The van der Waals surface area contributed by atoms with Crippen LogP contribution in [0.2, 0.25) is 5.02 Å². The Bertz CT molecular complexity index is 2990. The number of nitrogens with zero attached hydrogens (tertiary/aromatic N) is 1. The van der Waals surface area contributed by atoms with Crippen molar-refractivity contribution in [3.8, 4) is 22.3 Å². The van der Waals surface area contributed by atoms with Crippen molar-refractivity contribution >= 4 is 93.4 Å². The van der Waals surface area contributed by atoms with Crippen LogP contribution in [0.4, 0.5) is 28.4 Å². The number of nitrogens with one attached hydrogen (secondary N) is 1. The Hall–Kier alpha value is -5.47. The quantitative estimate of drug-likeness (QED) is 0.162. The van der Waals surface area contributed by atoms with Gasteiger partial charge in [-0.05, 0) is 118 Å². The first-order valence-corrected chi connectivity index (χ1v) is 23.7. The van der Waals surface area contributed by atoms with Gasteiger partial charge in [0.15, 0.2) is 0 Å². The molecule has 0 spiro atoms. The molecule has 0 aromatic heterocycles. The van der Waals surface area contributed by atoms with Gasteiger partial charge in [-0.2, -0.15) is 0 Å². The second-order valence-corrected chi connectivity index (χ2v) is 18.6. The molecule has 0 aliphatic rings. The fraction of sp³-hybridized carbons (Fsp3) is 0.0667. The van der Waals surface area contributed by atoms with Gasteiger partial charge in [-0.3, -0.25) is 0 Å². The summed E-state index contributed by atoms with van der Waals surface area (Å²) >= 11 is 12.7. The molecule has 0 amide bonds. The minimum absolute atomic E-state index is 0. The summed E-state index contributed by atoms with van der Waals surface area (Å²) < 4.78 is 2.18. The molecular weight excluding hydrogens is 983 g/mol. The molecule has 10 rings (SSSR count). The van der Waals surface area contributed by atoms with Gasteiger partial charge in [0.2, 0.25) is 0 Å². The first kappa shape index (κ1) is 50.9. The van der Waals surface area contributed by atoms with E-state index < -0.39 is 5.60 Å². The van der Waals surface area contributed by atoms with Crippen LogP contribution in [-0.4, -0.2) is 5.60 Å². The third-order valence-corrected chi connectivity index (χ3v) is 11.5. The van der Waals surface area contributed by atoms with E-state index in [4.69, 9.17) is 11.6 Å². The van der Waals surface area contributed by atoms with Crippen LogP contribution in [0, 0.1) is 0 Å². The molecule has 0 unspecified atom stereocenters. The third kappa shape index (κ3) is 15.3. The van der Waals surface area contributed by atoms with Crippen LogP contribution in [0.5, 0.6) is 0 Å². The summed E-state index contributed by atoms with van der Waals surface area (Å²) in [5.74, 6) is 0. The molecule has 0 atom stereocenters. The summed E-state index contributed by atoms with van der Waals surface area (Å²) in [6.45, 7) is 4.90. The van der Waals surface area contributed by atoms with Gasteiger partial charge in [0.1, 0.15) is 0 Å². The van der Waals surface area contributed by atoms with Gasteiger partial charge in [-0.25, -0.2) is 0 Å². The normalized spacial score (nSPS) is 10.5. The first-order chi connectivity index (χ1) is 32.0. The standard InChI is InChI=1S/C28H20BrN.C16H13N.C12H8BrCl.C4H9O.Na/c29-24-17-13-21(14-18-24)22-15-19-26(20-16-22)30(25-9-2-1-3-10-25)28-12-6-8-23-7-4-5-11-27(23)28;1-2-9-14(10-3-1)17-16-12-6-8-13-7-4-5-11-15(13)16;13-11-5-1-9(2-6-11)10-3-7-12(14)8-4-10;1-4(2,3)5;/h1-20H;1-12,17H;1-8H;1-3H3;/q;;;-1;+1. The van der Waals surface area contributed by atoms with E-state index in [0.29, 0.717) is 0 Å². The Morgan fingerprint density at radius 1 is 0.418 bits per heavy atom. The van der Waals surface area contributed by atoms with Crippen molar-refractivity contribution in [2.75, 3.05) is 10.2 Å². The maximum Gasteiger partial charge on any atom is 1.00 e. The van der Waals surface area contributed by atoms with E-state index in [9.17, 15) is 5.11 Å². The minimum Gasteiger partial charge on any atom is -0.850 e. The second kappa shape index (κ2) is 25.1. The maximum absolute atomic E-state index is 10.1. The maximum atomic E-state index is 10.1. The number of halogens is 3. The molecular formula is C60H50Br2ClN2NaO. The Morgan fingerprint density at radius 3 is 1.31 bits per heavy atom. The van der Waals surface area contributed by atoms with E-state index >= 15 is 0 Å². The second-order valence-electron chi connectivity index (χ2n) is 16.4. The van der Waals surface area contributed by atoms with E-state index in [-0.39, 0.29) is 29.6 Å². The van der Waals surface area contributed by atoms with Crippen LogP contribution >= 0.6 is 43.5 Å². The molecule has 0 saturated carbocycles. The number of hydrogen-bond acceptors (Lipinski definition) is 3. The van der Waals surface area contributed by atoms with Crippen molar-refractivity contribution in [3.63, 3.8) is 0 Å². The number of hydrogen-bond donors (Lipinski definition) is 1. The van der Waals surface area contributed by atoms with E-state index in [1.807, 2.05) is 54.6 Å². The van der Waals surface area contributed by atoms with Crippen molar-refractivity contribution in [2.24, 2.45) is 0 Å². The fourth-order valence-corrected chi connectivity index (χ4v) is 7.80. The number of para-hydroxylation sites is 2. The van der Waals surface area contributed by atoms with Gasteiger partial charge in [-0.15, -0.1) is 5.60 Å². The van der Waals surface area contributed by atoms with Crippen LogP contribution in [-0.2, 0) is 0 Å². The summed E-state index contributed by atoms with van der Waals surface area (Å²) in [7, 11) is 0. The molecule has 0 aliphatic heterocycles. The van der Waals surface area contributed by atoms with Gasteiger partial charge >= 0.3 is 29.6 Å². The molecule has 0 heterocycles. The van der Waals surface area contributed by atoms with Crippen LogP contribution in [0.15, 0.2) is 252 Å². The molecule has 0 bridgehead atoms. The van der Waals surface area contributed by atoms with Crippen molar-refractivity contribution < 1.29 is 34.7 Å². The number of anilines is 5. The molecule has 7 heteroatoms. The van der Waals surface area contributed by atoms with E-state index in [1.165, 1.54) is 49.5 Å². The Balaban J connectivity index is 0.000000169. The third-order valence-electron chi connectivity index (χ3n) is 10.2. The van der Waals surface area contributed by atoms with Crippen molar-refractivity contribution in [1.82, 2.24) is 0 Å². The molecule has 67 heavy (non-hydrogen) atoms. The van der Waals surface area contributed by atoms with Crippen LogP contribution in [0.1, 0.15) is 20.8 Å². The molecule has 3 nitrogen and oxygen atoms in total. The topological polar surface area (TPSA) is 38.3 Å². The predicted octanol–water partition coefficient (Wildman–Crippen LogP) is 15.2. The number of fused-ring (bicyclic) bond motifs is 2. The van der Waals surface area contributed by atoms with Gasteiger partial charge in [0.05, 0.1) is 5.69 Å². The zero-order valence-electron chi connectivity index (χ0n) is 38.1. The Labute approximate surface area is 439 Å². The number of rotatable bonds is 7. The largest absolute Gasteiger partial charge is 1.00 e. The number of benzene rings is 10. The minimum atomic E-state index is -0.750. The van der Waals surface area contributed by atoms with Crippen molar-refractivity contribution in [3.05, 3.63) is 257 Å². The Morgan fingerprint density at radius 2 is 0.791 bits per heavy atom. The summed E-state index contributed by atoms with van der Waals surface area (Å²) in [6, 6.07) is 83.8. The summed E-state index contributed by atoms with van der Waals surface area (Å²) in [5.41, 5.74) is 9.77. The molecule has 328 valence electrons. The summed E-state index contributed by atoms with van der Waals surface area (Å²) in [5, 5.41) is 19.3. The average Bonchev–Trinajstić information content (AvgIpc) is 3.34. The van der Waals surface area contributed by atoms with E-state index in [0.717, 1.165) is 36.7 Å². The smallest absolute Gasteiger partial charge is 0.850 e.